The molecule has 1 aliphatic carbocycles. The largest absolute Gasteiger partial charge is 0.356 e. The first-order chi connectivity index (χ1) is 8.22. The Bertz CT molecular complexity index is 458. The van der Waals surface area contributed by atoms with Gasteiger partial charge < -0.3 is 15.6 Å². The second-order valence-corrected chi connectivity index (χ2v) is 5.27. The molecule has 17 heavy (non-hydrogen) atoms. The fraction of sp³-hybridized carbons (Fsp3) is 0.667. The lowest BCUT2D eigenvalue weighted by molar-refractivity contribution is 0.271. The van der Waals surface area contributed by atoms with Gasteiger partial charge in [-0.2, -0.15) is 0 Å². The van der Waals surface area contributed by atoms with E-state index in [2.05, 4.69) is 14.9 Å². The zero-order valence-corrected chi connectivity index (χ0v) is 9.80. The monoisotopic (exact) mass is 234 g/mol. The summed E-state index contributed by atoms with van der Waals surface area (Å²) in [6.07, 6.45) is 4.94. The van der Waals surface area contributed by atoms with Gasteiger partial charge in [-0.05, 0) is 31.1 Å². The minimum absolute atomic E-state index is 0.0819. The van der Waals surface area contributed by atoms with Crippen molar-refractivity contribution in [2.75, 3.05) is 18.0 Å². The van der Waals surface area contributed by atoms with Gasteiger partial charge in [-0.3, -0.25) is 4.79 Å². The molecule has 2 heterocycles. The summed E-state index contributed by atoms with van der Waals surface area (Å²) in [6, 6.07) is 1.94. The first-order valence-corrected chi connectivity index (χ1v) is 6.27. The summed E-state index contributed by atoms with van der Waals surface area (Å²) in [5.74, 6) is 2.22. The number of nitrogens with one attached hydrogen (secondary N) is 1. The molecule has 0 bridgehead atoms. The number of nitrogens with zero attached hydrogens (tertiary/aromatic N) is 2. The van der Waals surface area contributed by atoms with E-state index in [0.29, 0.717) is 12.0 Å². The molecule has 2 fully saturated rings. The van der Waals surface area contributed by atoms with Crippen LogP contribution in [0.1, 0.15) is 19.3 Å². The molecule has 1 saturated carbocycles. The van der Waals surface area contributed by atoms with Crippen molar-refractivity contribution >= 4 is 5.82 Å². The maximum atomic E-state index is 11.3. The summed E-state index contributed by atoms with van der Waals surface area (Å²) in [6.45, 7) is 2.02. The van der Waals surface area contributed by atoms with Gasteiger partial charge in [0.05, 0.1) is 6.33 Å². The van der Waals surface area contributed by atoms with Gasteiger partial charge in [0.2, 0.25) is 0 Å². The van der Waals surface area contributed by atoms with Crippen molar-refractivity contribution in [3.63, 3.8) is 0 Å². The van der Waals surface area contributed by atoms with Crippen LogP contribution in [0, 0.1) is 11.8 Å². The summed E-state index contributed by atoms with van der Waals surface area (Å²) in [4.78, 5) is 20.3. The molecular weight excluding hydrogens is 216 g/mol. The van der Waals surface area contributed by atoms with Gasteiger partial charge in [-0.1, -0.05) is 0 Å². The molecule has 3 N–H and O–H groups in total. The number of aromatic nitrogens is 2. The lowest BCUT2D eigenvalue weighted by Crippen LogP contribution is -2.32. The fourth-order valence-corrected chi connectivity index (χ4v) is 3.19. The predicted octanol–water partition coefficient (Wildman–Crippen LogP) is 0.333. The van der Waals surface area contributed by atoms with E-state index in [-0.39, 0.29) is 5.56 Å². The van der Waals surface area contributed by atoms with Crippen LogP contribution >= 0.6 is 0 Å². The Morgan fingerprint density at radius 3 is 3.00 bits per heavy atom. The first-order valence-electron chi connectivity index (χ1n) is 6.27. The number of nitrogens with two attached hydrogens (primary N) is 1. The third-order valence-corrected chi connectivity index (χ3v) is 4.08. The van der Waals surface area contributed by atoms with Crippen LogP contribution in [0.2, 0.25) is 0 Å². The molecule has 0 aromatic carbocycles. The molecule has 1 unspecified atom stereocenters. The first kappa shape index (κ1) is 10.8. The molecule has 2 aliphatic rings. The van der Waals surface area contributed by atoms with E-state index < -0.39 is 0 Å². The zero-order chi connectivity index (χ0) is 11.8. The number of fused-ring (bicyclic) bond motifs is 1. The summed E-state index contributed by atoms with van der Waals surface area (Å²) in [7, 11) is 0. The van der Waals surface area contributed by atoms with Crippen LogP contribution in [0.25, 0.3) is 0 Å². The van der Waals surface area contributed by atoms with E-state index in [4.69, 9.17) is 5.73 Å². The molecular formula is C12H18N4O. The Morgan fingerprint density at radius 2 is 2.18 bits per heavy atom. The predicted molar refractivity (Wildman–Crippen MR) is 65.9 cm³/mol. The van der Waals surface area contributed by atoms with Gasteiger partial charge in [0, 0.05) is 25.2 Å². The highest BCUT2D eigenvalue weighted by Crippen LogP contribution is 2.36. The smallest absolute Gasteiger partial charge is 0.252 e. The van der Waals surface area contributed by atoms with Crippen LogP contribution in [0.5, 0.6) is 0 Å². The van der Waals surface area contributed by atoms with Crippen molar-refractivity contribution in [3.8, 4) is 0 Å². The van der Waals surface area contributed by atoms with E-state index in [1.807, 2.05) is 0 Å². The Morgan fingerprint density at radius 1 is 1.35 bits per heavy atom. The zero-order valence-electron chi connectivity index (χ0n) is 9.80. The molecule has 0 radical (unpaired) electrons. The number of hydrogen-bond acceptors (Lipinski definition) is 4. The fourth-order valence-electron chi connectivity index (χ4n) is 3.19. The molecule has 0 spiro atoms. The maximum Gasteiger partial charge on any atom is 0.252 e. The molecule has 1 aliphatic heterocycles. The maximum absolute atomic E-state index is 11.3. The van der Waals surface area contributed by atoms with Crippen LogP contribution in [-0.4, -0.2) is 29.1 Å². The number of H-pyrrole nitrogens is 1. The molecule has 3 atom stereocenters. The van der Waals surface area contributed by atoms with Crippen LogP contribution < -0.4 is 16.2 Å². The normalized spacial score (nSPS) is 32.5. The van der Waals surface area contributed by atoms with Gasteiger partial charge in [0.15, 0.2) is 0 Å². The second kappa shape index (κ2) is 4.14. The quantitative estimate of drug-likeness (QED) is 0.734. The summed E-state index contributed by atoms with van der Waals surface area (Å²) < 4.78 is 0. The van der Waals surface area contributed by atoms with Crippen molar-refractivity contribution in [1.29, 1.82) is 0 Å². The summed E-state index contributed by atoms with van der Waals surface area (Å²) in [5.41, 5.74) is 5.93. The second-order valence-electron chi connectivity index (χ2n) is 5.27. The highest BCUT2D eigenvalue weighted by molar-refractivity contribution is 5.38. The molecule has 1 aromatic heterocycles. The highest BCUT2D eigenvalue weighted by atomic mass is 16.1. The number of rotatable bonds is 1. The number of aromatic amines is 1. The van der Waals surface area contributed by atoms with E-state index in [0.717, 1.165) is 37.7 Å². The molecule has 92 valence electrons. The highest BCUT2D eigenvalue weighted by Gasteiger charge is 2.37. The van der Waals surface area contributed by atoms with E-state index in [1.54, 1.807) is 6.07 Å². The van der Waals surface area contributed by atoms with Crippen LogP contribution in [-0.2, 0) is 0 Å². The Kier molecular flexibility index (Phi) is 2.63. The van der Waals surface area contributed by atoms with Crippen molar-refractivity contribution in [2.45, 2.75) is 25.3 Å². The molecule has 5 heteroatoms. The van der Waals surface area contributed by atoms with Crippen LogP contribution in [0.4, 0.5) is 5.82 Å². The van der Waals surface area contributed by atoms with Crippen LogP contribution in [0.15, 0.2) is 17.2 Å². The third kappa shape index (κ3) is 2.07. The van der Waals surface area contributed by atoms with Gasteiger partial charge in [-0.15, -0.1) is 0 Å². The van der Waals surface area contributed by atoms with Crippen LogP contribution in [0.3, 0.4) is 0 Å². The Labute approximate surface area is 100 Å². The van der Waals surface area contributed by atoms with E-state index in [9.17, 15) is 4.79 Å². The lowest BCUT2D eigenvalue weighted by Gasteiger charge is -2.27. The van der Waals surface area contributed by atoms with Gasteiger partial charge in [0.1, 0.15) is 5.82 Å². The molecule has 1 aromatic rings. The standard InChI is InChI=1S/C12H18N4O/c13-10-2-1-8-5-16(6-9(8)3-10)11-4-12(17)15-7-14-11/h4,7-10H,1-3,5-6,13H2,(H,14,15,17)/t8-,9+,10?/m1/s1. The Balaban J connectivity index is 1.77. The van der Waals surface area contributed by atoms with Crippen molar-refractivity contribution in [2.24, 2.45) is 17.6 Å². The SMILES string of the molecule is NC1CC[C@@H]2CN(c3cc(=O)[nH]cn3)C[C@@H]2C1. The molecule has 1 saturated heterocycles. The van der Waals surface area contributed by atoms with E-state index >= 15 is 0 Å². The van der Waals surface area contributed by atoms with Gasteiger partial charge in [-0.25, -0.2) is 4.98 Å². The lowest BCUT2D eigenvalue weighted by atomic mass is 9.79. The number of anilines is 1. The minimum Gasteiger partial charge on any atom is -0.356 e. The molecule has 0 amide bonds. The minimum atomic E-state index is -0.0819. The van der Waals surface area contributed by atoms with Crippen molar-refractivity contribution in [1.82, 2.24) is 9.97 Å². The van der Waals surface area contributed by atoms with Gasteiger partial charge in [0.25, 0.3) is 5.56 Å². The van der Waals surface area contributed by atoms with Crippen molar-refractivity contribution in [3.05, 3.63) is 22.7 Å². The van der Waals surface area contributed by atoms with Gasteiger partial charge >= 0.3 is 0 Å². The topological polar surface area (TPSA) is 75.0 Å². The summed E-state index contributed by atoms with van der Waals surface area (Å²) >= 11 is 0. The number of hydrogen-bond donors (Lipinski definition) is 2. The average molecular weight is 234 g/mol. The average Bonchev–Trinajstić information content (AvgIpc) is 2.72. The summed E-state index contributed by atoms with van der Waals surface area (Å²) in [5, 5.41) is 0. The third-order valence-electron chi connectivity index (χ3n) is 4.08. The Hall–Kier alpha value is -1.36. The van der Waals surface area contributed by atoms with Crippen molar-refractivity contribution < 1.29 is 0 Å². The van der Waals surface area contributed by atoms with E-state index in [1.165, 1.54) is 12.7 Å². The molecule has 5 nitrogen and oxygen atoms in total. The molecule has 3 rings (SSSR count).